The zero-order valence-corrected chi connectivity index (χ0v) is 14.0. The summed E-state index contributed by atoms with van der Waals surface area (Å²) >= 11 is 12.3. The van der Waals surface area contributed by atoms with E-state index < -0.39 is 0 Å². The van der Waals surface area contributed by atoms with Crippen LogP contribution in [0, 0.1) is 11.8 Å². The van der Waals surface area contributed by atoms with E-state index in [2.05, 4.69) is 5.32 Å². The molecule has 1 aromatic rings. The predicted molar refractivity (Wildman–Crippen MR) is 90.1 cm³/mol. The van der Waals surface area contributed by atoms with Crippen molar-refractivity contribution in [3.05, 3.63) is 33.8 Å². The summed E-state index contributed by atoms with van der Waals surface area (Å²) < 4.78 is 0. The fourth-order valence-electron chi connectivity index (χ4n) is 4.12. The van der Waals surface area contributed by atoms with E-state index in [1.807, 2.05) is 0 Å². The molecule has 22 heavy (non-hydrogen) atoms. The summed E-state index contributed by atoms with van der Waals surface area (Å²) in [7, 11) is 0. The summed E-state index contributed by atoms with van der Waals surface area (Å²) in [6.45, 7) is 0. The topological polar surface area (TPSA) is 55.1 Å². The molecule has 0 spiro atoms. The maximum atomic E-state index is 12.4. The molecule has 3 nitrogen and oxygen atoms in total. The lowest BCUT2D eigenvalue weighted by molar-refractivity contribution is -0.122. The van der Waals surface area contributed by atoms with Crippen LogP contribution in [-0.4, -0.2) is 18.0 Å². The van der Waals surface area contributed by atoms with Gasteiger partial charge in [-0.3, -0.25) is 4.79 Å². The number of halogens is 2. The number of hydrogen-bond acceptors (Lipinski definition) is 2. The molecule has 1 aromatic carbocycles. The van der Waals surface area contributed by atoms with Crippen LogP contribution in [0.5, 0.6) is 0 Å². The molecule has 0 aromatic heterocycles. The van der Waals surface area contributed by atoms with Gasteiger partial charge in [0.15, 0.2) is 0 Å². The smallest absolute Gasteiger partial charge is 0.224 e. The molecule has 2 bridgehead atoms. The first-order valence-electron chi connectivity index (χ1n) is 8.02. The first kappa shape index (κ1) is 16.1. The maximum absolute atomic E-state index is 12.4. The molecule has 2 unspecified atom stereocenters. The third kappa shape index (κ3) is 3.42. The number of fused-ring (bicyclic) bond motifs is 2. The van der Waals surface area contributed by atoms with Crippen molar-refractivity contribution in [3.63, 3.8) is 0 Å². The third-order valence-electron chi connectivity index (χ3n) is 5.10. The average molecular weight is 341 g/mol. The predicted octanol–water partition coefficient (Wildman–Crippen LogP) is 3.56. The van der Waals surface area contributed by atoms with E-state index >= 15 is 0 Å². The van der Waals surface area contributed by atoms with Crippen molar-refractivity contribution < 1.29 is 4.79 Å². The van der Waals surface area contributed by atoms with Crippen molar-refractivity contribution in [3.8, 4) is 0 Å². The Morgan fingerprint density at radius 1 is 1.18 bits per heavy atom. The molecule has 1 amide bonds. The fourth-order valence-corrected chi connectivity index (χ4v) is 4.65. The number of carbonyl (C=O) groups is 1. The highest BCUT2D eigenvalue weighted by atomic mass is 35.5. The van der Waals surface area contributed by atoms with Gasteiger partial charge in [-0.1, -0.05) is 35.7 Å². The molecule has 0 aliphatic heterocycles. The summed E-state index contributed by atoms with van der Waals surface area (Å²) in [5.41, 5.74) is 6.84. The van der Waals surface area contributed by atoms with Gasteiger partial charge < -0.3 is 11.1 Å². The van der Waals surface area contributed by atoms with Crippen molar-refractivity contribution in [2.75, 3.05) is 0 Å². The molecule has 120 valence electrons. The largest absolute Gasteiger partial charge is 0.353 e. The zero-order chi connectivity index (χ0) is 15.7. The lowest BCUT2D eigenvalue weighted by Gasteiger charge is -2.45. The van der Waals surface area contributed by atoms with E-state index in [9.17, 15) is 4.79 Å². The zero-order valence-electron chi connectivity index (χ0n) is 12.5. The minimum atomic E-state index is 0.00683. The molecule has 0 heterocycles. The molecule has 2 fully saturated rings. The molecule has 0 radical (unpaired) electrons. The van der Waals surface area contributed by atoms with E-state index in [-0.39, 0.29) is 18.4 Å². The average Bonchev–Trinajstić information content (AvgIpc) is 2.44. The van der Waals surface area contributed by atoms with E-state index in [1.165, 1.54) is 19.3 Å². The van der Waals surface area contributed by atoms with Gasteiger partial charge in [0.1, 0.15) is 0 Å². The van der Waals surface area contributed by atoms with E-state index in [4.69, 9.17) is 28.9 Å². The van der Waals surface area contributed by atoms with Gasteiger partial charge in [0.05, 0.1) is 6.42 Å². The summed E-state index contributed by atoms with van der Waals surface area (Å²) in [6.07, 6.45) is 5.87. The molecule has 2 saturated carbocycles. The Morgan fingerprint density at radius 2 is 1.77 bits per heavy atom. The summed E-state index contributed by atoms with van der Waals surface area (Å²) in [4.78, 5) is 12.4. The Labute approximate surface area is 141 Å². The van der Waals surface area contributed by atoms with Gasteiger partial charge >= 0.3 is 0 Å². The van der Waals surface area contributed by atoms with Gasteiger partial charge in [0.25, 0.3) is 0 Å². The summed E-state index contributed by atoms with van der Waals surface area (Å²) in [5.74, 6) is 1.05. The van der Waals surface area contributed by atoms with Gasteiger partial charge in [-0.2, -0.15) is 0 Å². The Kier molecular flexibility index (Phi) is 4.96. The van der Waals surface area contributed by atoms with Crippen LogP contribution in [0.1, 0.15) is 37.7 Å². The Hall–Kier alpha value is -0.770. The number of carbonyl (C=O) groups excluding carboxylic acids is 1. The molecular formula is C17H22Cl2N2O. The minimum absolute atomic E-state index is 0.00683. The van der Waals surface area contributed by atoms with Crippen molar-refractivity contribution in [1.29, 1.82) is 0 Å². The minimum Gasteiger partial charge on any atom is -0.353 e. The standard InChI is InChI=1S/C17H22Cl2N2O/c18-14-5-2-6-15(19)13(14)9-16(22)21-17-10-3-1-4-11(17)8-12(20)7-10/h2,5-6,10-12,17H,1,3-4,7-9,20H2,(H,21,22). The van der Waals surface area contributed by atoms with Crippen LogP contribution in [-0.2, 0) is 11.2 Å². The molecule has 5 heteroatoms. The van der Waals surface area contributed by atoms with Crippen LogP contribution in [0.2, 0.25) is 10.0 Å². The van der Waals surface area contributed by atoms with Gasteiger partial charge in [0.2, 0.25) is 5.91 Å². The molecular weight excluding hydrogens is 319 g/mol. The van der Waals surface area contributed by atoms with Crippen LogP contribution < -0.4 is 11.1 Å². The number of amides is 1. The van der Waals surface area contributed by atoms with Crippen LogP contribution in [0.4, 0.5) is 0 Å². The lowest BCUT2D eigenvalue weighted by Crippen LogP contribution is -2.54. The van der Waals surface area contributed by atoms with Gasteiger partial charge in [-0.25, -0.2) is 0 Å². The van der Waals surface area contributed by atoms with E-state index in [1.54, 1.807) is 18.2 Å². The first-order valence-corrected chi connectivity index (χ1v) is 8.78. The second-order valence-corrected chi connectivity index (χ2v) is 7.47. The monoisotopic (exact) mass is 340 g/mol. The van der Waals surface area contributed by atoms with Crippen molar-refractivity contribution in [1.82, 2.24) is 5.32 Å². The number of nitrogens with one attached hydrogen (secondary N) is 1. The van der Waals surface area contributed by atoms with Crippen molar-refractivity contribution >= 4 is 29.1 Å². The van der Waals surface area contributed by atoms with Crippen molar-refractivity contribution in [2.45, 2.75) is 50.6 Å². The number of hydrogen-bond donors (Lipinski definition) is 2. The summed E-state index contributed by atoms with van der Waals surface area (Å²) in [6, 6.07) is 5.89. The van der Waals surface area contributed by atoms with Crippen LogP contribution in [0.25, 0.3) is 0 Å². The lowest BCUT2D eigenvalue weighted by atomic mass is 9.67. The molecule has 3 rings (SSSR count). The van der Waals surface area contributed by atoms with Crippen molar-refractivity contribution in [2.24, 2.45) is 17.6 Å². The number of benzene rings is 1. The van der Waals surface area contributed by atoms with Gasteiger partial charge in [0, 0.05) is 22.1 Å². The van der Waals surface area contributed by atoms with Crippen LogP contribution >= 0.6 is 23.2 Å². The molecule has 0 saturated heterocycles. The number of rotatable bonds is 3. The number of nitrogens with two attached hydrogens (primary N) is 1. The highest BCUT2D eigenvalue weighted by Gasteiger charge is 2.39. The van der Waals surface area contributed by atoms with Crippen LogP contribution in [0.3, 0.4) is 0 Å². The Morgan fingerprint density at radius 3 is 2.36 bits per heavy atom. The molecule has 2 aliphatic rings. The van der Waals surface area contributed by atoms with E-state index in [0.717, 1.165) is 12.8 Å². The second kappa shape index (κ2) is 6.77. The van der Waals surface area contributed by atoms with Gasteiger partial charge in [-0.15, -0.1) is 0 Å². The third-order valence-corrected chi connectivity index (χ3v) is 5.81. The highest BCUT2D eigenvalue weighted by molar-refractivity contribution is 6.36. The van der Waals surface area contributed by atoms with Gasteiger partial charge in [-0.05, 0) is 55.2 Å². The molecule has 3 N–H and O–H groups in total. The van der Waals surface area contributed by atoms with E-state index in [0.29, 0.717) is 33.5 Å². The highest BCUT2D eigenvalue weighted by Crippen LogP contribution is 2.39. The van der Waals surface area contributed by atoms with Crippen LogP contribution in [0.15, 0.2) is 18.2 Å². The quantitative estimate of drug-likeness (QED) is 0.883. The fraction of sp³-hybridized carbons (Fsp3) is 0.588. The Bertz CT molecular complexity index is 529. The Balaban J connectivity index is 1.67. The normalized spacial score (nSPS) is 30.9. The maximum Gasteiger partial charge on any atom is 0.224 e. The SMILES string of the molecule is NC1CC2CCCC(C1)C2NC(=O)Cc1c(Cl)cccc1Cl. The first-order chi connectivity index (χ1) is 10.5. The second-order valence-electron chi connectivity index (χ2n) is 6.65. The summed E-state index contributed by atoms with van der Waals surface area (Å²) in [5, 5.41) is 4.33. The molecule has 2 atom stereocenters. The molecule has 2 aliphatic carbocycles.